The fraction of sp³-hybridized carbons (Fsp3) is 0.136. The van der Waals surface area contributed by atoms with Gasteiger partial charge < -0.3 is 10.1 Å². The van der Waals surface area contributed by atoms with Gasteiger partial charge in [0.2, 0.25) is 0 Å². The predicted octanol–water partition coefficient (Wildman–Crippen LogP) is 3.64. The number of ether oxygens (including phenoxy) is 1. The van der Waals surface area contributed by atoms with Gasteiger partial charge in [-0.3, -0.25) is 14.6 Å². The molecule has 1 amide bonds. The number of aromatic nitrogens is 4. The molecule has 4 aromatic rings. The number of anilines is 1. The van der Waals surface area contributed by atoms with Gasteiger partial charge in [0.05, 0.1) is 18.5 Å². The van der Waals surface area contributed by atoms with Crippen molar-refractivity contribution in [3.63, 3.8) is 0 Å². The summed E-state index contributed by atoms with van der Waals surface area (Å²) in [5.41, 5.74) is 2.60. The molecular formula is C22H19N5O3S. The fourth-order valence-corrected chi connectivity index (χ4v) is 3.64. The number of carbonyl (C=O) groups is 1. The molecule has 0 saturated heterocycles. The SMILES string of the molecule is COc1ccc(-c2ccc(=O)n(C(C)C(=O)Nc3nc(-c4cccnc4)cs3)n2)cc1. The van der Waals surface area contributed by atoms with Crippen LogP contribution in [0.1, 0.15) is 13.0 Å². The minimum Gasteiger partial charge on any atom is -0.497 e. The summed E-state index contributed by atoms with van der Waals surface area (Å²) in [6.07, 6.45) is 3.39. The Hall–Kier alpha value is -3.85. The lowest BCUT2D eigenvalue weighted by molar-refractivity contribution is -0.119. The van der Waals surface area contributed by atoms with Crippen molar-refractivity contribution in [2.24, 2.45) is 0 Å². The van der Waals surface area contributed by atoms with Crippen molar-refractivity contribution in [3.05, 3.63) is 76.7 Å². The van der Waals surface area contributed by atoms with E-state index in [1.807, 2.05) is 41.8 Å². The fourth-order valence-electron chi connectivity index (χ4n) is 2.92. The molecule has 0 spiro atoms. The molecule has 0 radical (unpaired) electrons. The number of nitrogens with zero attached hydrogens (tertiary/aromatic N) is 4. The van der Waals surface area contributed by atoms with Gasteiger partial charge in [0.1, 0.15) is 11.8 Å². The molecule has 8 nitrogen and oxygen atoms in total. The Morgan fingerprint density at radius 1 is 1.10 bits per heavy atom. The van der Waals surface area contributed by atoms with Gasteiger partial charge in [-0.25, -0.2) is 9.67 Å². The second-order valence-electron chi connectivity index (χ2n) is 6.67. The molecule has 9 heteroatoms. The quantitative estimate of drug-likeness (QED) is 0.498. The summed E-state index contributed by atoms with van der Waals surface area (Å²) in [7, 11) is 1.59. The van der Waals surface area contributed by atoms with Crippen LogP contribution in [-0.2, 0) is 4.79 Å². The third-order valence-electron chi connectivity index (χ3n) is 4.65. The smallest absolute Gasteiger partial charge is 0.267 e. The van der Waals surface area contributed by atoms with Gasteiger partial charge in [-0.05, 0) is 49.4 Å². The number of thiazole rings is 1. The molecule has 1 unspecified atom stereocenters. The molecule has 156 valence electrons. The normalized spacial score (nSPS) is 11.7. The Balaban J connectivity index is 1.53. The highest BCUT2D eigenvalue weighted by molar-refractivity contribution is 7.14. The number of nitrogens with one attached hydrogen (secondary N) is 1. The minimum atomic E-state index is -0.823. The van der Waals surface area contributed by atoms with E-state index in [9.17, 15) is 9.59 Å². The van der Waals surface area contributed by atoms with Gasteiger partial charge in [-0.1, -0.05) is 0 Å². The predicted molar refractivity (Wildman–Crippen MR) is 119 cm³/mol. The molecule has 1 aromatic carbocycles. The van der Waals surface area contributed by atoms with Crippen LogP contribution in [0.4, 0.5) is 5.13 Å². The minimum absolute atomic E-state index is 0.366. The van der Waals surface area contributed by atoms with Crippen molar-refractivity contribution in [1.29, 1.82) is 0 Å². The maximum absolute atomic E-state index is 12.8. The molecule has 31 heavy (non-hydrogen) atoms. The molecule has 3 aromatic heterocycles. The maximum Gasteiger partial charge on any atom is 0.267 e. The van der Waals surface area contributed by atoms with Gasteiger partial charge in [0, 0.05) is 35.0 Å². The first-order valence-electron chi connectivity index (χ1n) is 9.46. The monoisotopic (exact) mass is 433 g/mol. The highest BCUT2D eigenvalue weighted by atomic mass is 32.1. The zero-order valence-electron chi connectivity index (χ0n) is 16.9. The Kier molecular flexibility index (Phi) is 5.85. The summed E-state index contributed by atoms with van der Waals surface area (Å²) < 4.78 is 6.34. The topological polar surface area (TPSA) is 99.0 Å². The van der Waals surface area contributed by atoms with E-state index in [2.05, 4.69) is 20.4 Å². The van der Waals surface area contributed by atoms with Gasteiger partial charge in [-0.15, -0.1) is 11.3 Å². The lowest BCUT2D eigenvalue weighted by atomic mass is 10.1. The summed E-state index contributed by atoms with van der Waals surface area (Å²) in [5.74, 6) is 0.340. The molecule has 0 bridgehead atoms. The summed E-state index contributed by atoms with van der Waals surface area (Å²) in [5, 5.41) is 9.43. The first-order valence-corrected chi connectivity index (χ1v) is 10.3. The van der Waals surface area contributed by atoms with Crippen LogP contribution in [-0.4, -0.2) is 32.8 Å². The van der Waals surface area contributed by atoms with Gasteiger partial charge in [0.15, 0.2) is 5.13 Å². The van der Waals surface area contributed by atoms with Crippen LogP contribution in [0.3, 0.4) is 0 Å². The zero-order valence-corrected chi connectivity index (χ0v) is 17.7. The lowest BCUT2D eigenvalue weighted by Gasteiger charge is -2.14. The maximum atomic E-state index is 12.8. The number of rotatable bonds is 6. The number of amides is 1. The van der Waals surface area contributed by atoms with E-state index in [0.29, 0.717) is 10.8 Å². The number of carbonyl (C=O) groups excluding carboxylic acids is 1. The lowest BCUT2D eigenvalue weighted by Crippen LogP contribution is -2.33. The Labute approximate surface area is 182 Å². The van der Waals surface area contributed by atoms with Gasteiger partial charge in [0.25, 0.3) is 11.5 Å². The number of hydrogen-bond acceptors (Lipinski definition) is 7. The molecule has 1 atom stereocenters. The number of pyridine rings is 1. The van der Waals surface area contributed by atoms with Crippen molar-refractivity contribution in [2.75, 3.05) is 12.4 Å². The summed E-state index contributed by atoms with van der Waals surface area (Å²) in [6, 6.07) is 13.2. The molecule has 0 aliphatic heterocycles. The van der Waals surface area contributed by atoms with Crippen LogP contribution in [0.5, 0.6) is 5.75 Å². The van der Waals surface area contributed by atoms with E-state index in [4.69, 9.17) is 4.74 Å². The molecule has 4 rings (SSSR count). The van der Waals surface area contributed by atoms with Crippen molar-refractivity contribution >= 4 is 22.4 Å². The third-order valence-corrected chi connectivity index (χ3v) is 5.41. The molecule has 0 aliphatic carbocycles. The number of benzene rings is 1. The largest absolute Gasteiger partial charge is 0.497 e. The van der Waals surface area contributed by atoms with Gasteiger partial charge >= 0.3 is 0 Å². The standard InChI is InChI=1S/C22H19N5O3S/c1-14(21(29)25-22-24-19(13-31-22)16-4-3-11-23-12-16)27-20(28)10-9-18(26-27)15-5-7-17(30-2)8-6-15/h3-14H,1-2H3,(H,24,25,29). The summed E-state index contributed by atoms with van der Waals surface area (Å²) in [6.45, 7) is 1.62. The molecule has 3 heterocycles. The Bertz CT molecular complexity index is 1250. The van der Waals surface area contributed by atoms with Crippen LogP contribution < -0.4 is 15.6 Å². The molecular weight excluding hydrogens is 414 g/mol. The third kappa shape index (κ3) is 4.51. The molecule has 0 saturated carbocycles. The molecule has 0 aliphatic rings. The summed E-state index contributed by atoms with van der Waals surface area (Å²) >= 11 is 1.30. The zero-order chi connectivity index (χ0) is 21.8. The van der Waals surface area contributed by atoms with E-state index in [1.54, 1.807) is 32.5 Å². The average molecular weight is 433 g/mol. The van der Waals surface area contributed by atoms with Crippen molar-refractivity contribution in [3.8, 4) is 28.3 Å². The first kappa shape index (κ1) is 20.4. The molecule has 0 fully saturated rings. The van der Waals surface area contributed by atoms with Crippen LogP contribution in [0.15, 0.2) is 71.1 Å². The van der Waals surface area contributed by atoms with Crippen molar-refractivity contribution in [1.82, 2.24) is 19.7 Å². The highest BCUT2D eigenvalue weighted by Crippen LogP contribution is 2.25. The molecule has 1 N–H and O–H groups in total. The van der Waals surface area contributed by atoms with E-state index in [1.165, 1.54) is 22.1 Å². The second kappa shape index (κ2) is 8.88. The Morgan fingerprint density at radius 2 is 1.90 bits per heavy atom. The van der Waals surface area contributed by atoms with E-state index in [0.717, 1.165) is 22.6 Å². The van der Waals surface area contributed by atoms with E-state index in [-0.39, 0.29) is 11.5 Å². The van der Waals surface area contributed by atoms with Crippen molar-refractivity contribution < 1.29 is 9.53 Å². The van der Waals surface area contributed by atoms with Crippen LogP contribution in [0.2, 0.25) is 0 Å². The van der Waals surface area contributed by atoms with Gasteiger partial charge in [-0.2, -0.15) is 5.10 Å². The number of hydrogen-bond donors (Lipinski definition) is 1. The van der Waals surface area contributed by atoms with Crippen LogP contribution >= 0.6 is 11.3 Å². The van der Waals surface area contributed by atoms with E-state index < -0.39 is 6.04 Å². The Morgan fingerprint density at radius 3 is 2.61 bits per heavy atom. The first-order chi connectivity index (χ1) is 15.0. The van der Waals surface area contributed by atoms with E-state index >= 15 is 0 Å². The van der Waals surface area contributed by atoms with Crippen LogP contribution in [0.25, 0.3) is 22.5 Å². The van der Waals surface area contributed by atoms with Crippen LogP contribution in [0, 0.1) is 0 Å². The average Bonchev–Trinajstić information content (AvgIpc) is 3.28. The van der Waals surface area contributed by atoms with Crippen molar-refractivity contribution in [2.45, 2.75) is 13.0 Å². The second-order valence-corrected chi connectivity index (χ2v) is 7.53. The number of methoxy groups -OCH3 is 1. The summed E-state index contributed by atoms with van der Waals surface area (Å²) in [4.78, 5) is 33.6. The highest BCUT2D eigenvalue weighted by Gasteiger charge is 2.19.